The molecule has 0 bridgehead atoms. The van der Waals surface area contributed by atoms with E-state index in [0.717, 1.165) is 25.7 Å². The van der Waals surface area contributed by atoms with Gasteiger partial charge in [-0.1, -0.05) is 12.8 Å². The summed E-state index contributed by atoms with van der Waals surface area (Å²) in [4.78, 5) is 2.01. The van der Waals surface area contributed by atoms with E-state index in [1.54, 1.807) is 12.1 Å². The van der Waals surface area contributed by atoms with Crippen molar-refractivity contribution in [1.82, 2.24) is 15.1 Å². The van der Waals surface area contributed by atoms with Crippen LogP contribution in [0.1, 0.15) is 31.6 Å². The van der Waals surface area contributed by atoms with Crippen LogP contribution in [-0.2, 0) is 6.54 Å². The molecular formula is C14H18BrN3O3. The van der Waals surface area contributed by atoms with E-state index in [4.69, 9.17) is 8.83 Å². The number of aromatic nitrogens is 2. The minimum atomic E-state index is -0.566. The fourth-order valence-electron chi connectivity index (χ4n) is 2.83. The molecule has 0 radical (unpaired) electrons. The largest absolute Gasteiger partial charge is 0.444 e. The first-order chi connectivity index (χ1) is 10.0. The van der Waals surface area contributed by atoms with Gasteiger partial charge in [0.1, 0.15) is 0 Å². The number of rotatable bonds is 5. The first kappa shape index (κ1) is 14.7. The van der Waals surface area contributed by atoms with Gasteiger partial charge in [-0.05, 0) is 48.0 Å². The number of nitrogens with zero attached hydrogens (tertiary/aromatic N) is 3. The lowest BCUT2D eigenvalue weighted by molar-refractivity contribution is 0.0128. The van der Waals surface area contributed by atoms with Gasteiger partial charge in [-0.2, -0.15) is 0 Å². The normalized spacial score (nSPS) is 17.7. The lowest BCUT2D eigenvalue weighted by Crippen LogP contribution is -2.38. The standard InChI is InChI=1S/C14H18BrN3O3/c1-18(9-14(19)6-2-3-7-14)8-12-16-17-13(21-12)10-4-5-11(15)20-10/h4-5,19H,2-3,6-9H2,1H3. The van der Waals surface area contributed by atoms with Gasteiger partial charge >= 0.3 is 0 Å². The molecular weight excluding hydrogens is 338 g/mol. The first-order valence-electron chi connectivity index (χ1n) is 7.03. The summed E-state index contributed by atoms with van der Waals surface area (Å²) >= 11 is 3.24. The Morgan fingerprint density at radius 3 is 2.71 bits per heavy atom. The van der Waals surface area contributed by atoms with Gasteiger partial charge in [-0.3, -0.25) is 4.90 Å². The molecule has 3 rings (SSSR count). The molecule has 2 heterocycles. The van der Waals surface area contributed by atoms with E-state index in [2.05, 4.69) is 26.1 Å². The zero-order valence-corrected chi connectivity index (χ0v) is 13.5. The molecule has 1 N–H and O–H groups in total. The second kappa shape index (κ2) is 5.90. The summed E-state index contributed by atoms with van der Waals surface area (Å²) in [7, 11) is 1.95. The van der Waals surface area contributed by atoms with Crippen LogP contribution in [0.3, 0.4) is 0 Å². The molecule has 0 saturated heterocycles. The Balaban J connectivity index is 1.61. The highest BCUT2D eigenvalue weighted by molar-refractivity contribution is 9.10. The summed E-state index contributed by atoms with van der Waals surface area (Å²) in [5, 5.41) is 18.4. The van der Waals surface area contributed by atoms with Crippen LogP contribution in [-0.4, -0.2) is 39.4 Å². The van der Waals surface area contributed by atoms with Crippen molar-refractivity contribution in [3.63, 3.8) is 0 Å². The lowest BCUT2D eigenvalue weighted by atomic mass is 10.0. The molecule has 21 heavy (non-hydrogen) atoms. The third-order valence-corrected chi connectivity index (χ3v) is 4.18. The van der Waals surface area contributed by atoms with Crippen molar-refractivity contribution >= 4 is 15.9 Å². The van der Waals surface area contributed by atoms with Crippen LogP contribution >= 0.6 is 15.9 Å². The molecule has 0 aromatic carbocycles. The molecule has 0 amide bonds. The van der Waals surface area contributed by atoms with Gasteiger partial charge in [0.15, 0.2) is 10.4 Å². The van der Waals surface area contributed by atoms with E-state index in [0.29, 0.717) is 35.3 Å². The molecule has 1 saturated carbocycles. The summed E-state index contributed by atoms with van der Waals surface area (Å²) in [6.45, 7) is 1.13. The molecule has 1 aliphatic rings. The van der Waals surface area contributed by atoms with E-state index < -0.39 is 5.60 Å². The topological polar surface area (TPSA) is 75.5 Å². The van der Waals surface area contributed by atoms with Crippen LogP contribution in [0, 0.1) is 0 Å². The van der Waals surface area contributed by atoms with Gasteiger partial charge in [-0.25, -0.2) is 0 Å². The summed E-state index contributed by atoms with van der Waals surface area (Å²) in [6, 6.07) is 3.55. The fourth-order valence-corrected chi connectivity index (χ4v) is 3.13. The Morgan fingerprint density at radius 1 is 1.29 bits per heavy atom. The first-order valence-corrected chi connectivity index (χ1v) is 7.82. The van der Waals surface area contributed by atoms with Crippen LogP contribution in [0.5, 0.6) is 0 Å². The maximum absolute atomic E-state index is 10.4. The SMILES string of the molecule is CN(Cc1nnc(-c2ccc(Br)o2)o1)CC1(O)CCCC1. The fraction of sp³-hybridized carbons (Fsp3) is 0.571. The predicted molar refractivity (Wildman–Crippen MR) is 79.5 cm³/mol. The quantitative estimate of drug-likeness (QED) is 0.888. The number of hydrogen-bond acceptors (Lipinski definition) is 6. The average molecular weight is 356 g/mol. The van der Waals surface area contributed by atoms with Crippen molar-refractivity contribution in [2.24, 2.45) is 0 Å². The van der Waals surface area contributed by atoms with Gasteiger partial charge in [0.2, 0.25) is 5.89 Å². The Hall–Kier alpha value is -1.18. The van der Waals surface area contributed by atoms with Crippen LogP contribution in [0.4, 0.5) is 0 Å². The van der Waals surface area contributed by atoms with Crippen LogP contribution in [0.15, 0.2) is 25.6 Å². The van der Waals surface area contributed by atoms with Gasteiger partial charge in [0.05, 0.1) is 12.1 Å². The van der Waals surface area contributed by atoms with E-state index >= 15 is 0 Å². The average Bonchev–Trinajstić information content (AvgIpc) is 3.11. The molecule has 0 aliphatic heterocycles. The highest BCUT2D eigenvalue weighted by Crippen LogP contribution is 2.30. The van der Waals surface area contributed by atoms with Gasteiger partial charge in [0.25, 0.3) is 5.89 Å². The molecule has 1 fully saturated rings. The summed E-state index contributed by atoms with van der Waals surface area (Å²) in [6.07, 6.45) is 3.94. The van der Waals surface area contributed by atoms with Gasteiger partial charge in [-0.15, -0.1) is 10.2 Å². The Kier molecular flexibility index (Phi) is 4.14. The number of aliphatic hydroxyl groups is 1. The van der Waals surface area contributed by atoms with Crippen molar-refractivity contribution in [3.05, 3.63) is 22.7 Å². The predicted octanol–water partition coefficient (Wildman–Crippen LogP) is 2.83. The molecule has 6 nitrogen and oxygen atoms in total. The number of halogens is 1. The maximum atomic E-state index is 10.4. The molecule has 114 valence electrons. The molecule has 0 spiro atoms. The van der Waals surface area contributed by atoms with Crippen LogP contribution in [0.2, 0.25) is 0 Å². The Morgan fingerprint density at radius 2 is 2.05 bits per heavy atom. The highest BCUT2D eigenvalue weighted by atomic mass is 79.9. The number of likely N-dealkylation sites (N-methyl/N-ethyl adjacent to an activating group) is 1. The van der Waals surface area contributed by atoms with Crippen LogP contribution < -0.4 is 0 Å². The molecule has 7 heteroatoms. The Bertz CT molecular complexity index is 604. The van der Waals surface area contributed by atoms with Crippen molar-refractivity contribution in [1.29, 1.82) is 0 Å². The van der Waals surface area contributed by atoms with Crippen molar-refractivity contribution in [2.75, 3.05) is 13.6 Å². The smallest absolute Gasteiger partial charge is 0.283 e. The molecule has 2 aromatic rings. The molecule has 0 atom stereocenters. The van der Waals surface area contributed by atoms with E-state index in [1.807, 2.05) is 11.9 Å². The van der Waals surface area contributed by atoms with Crippen molar-refractivity contribution in [2.45, 2.75) is 37.8 Å². The summed E-state index contributed by atoms with van der Waals surface area (Å²) in [5.74, 6) is 1.42. The highest BCUT2D eigenvalue weighted by Gasteiger charge is 2.32. The van der Waals surface area contributed by atoms with E-state index in [1.165, 1.54) is 0 Å². The molecule has 0 unspecified atom stereocenters. The number of hydrogen-bond donors (Lipinski definition) is 1. The minimum absolute atomic E-state index is 0.365. The third kappa shape index (κ3) is 3.53. The van der Waals surface area contributed by atoms with E-state index in [9.17, 15) is 5.11 Å². The zero-order valence-electron chi connectivity index (χ0n) is 11.9. The van der Waals surface area contributed by atoms with Crippen molar-refractivity contribution < 1.29 is 13.9 Å². The minimum Gasteiger partial charge on any atom is -0.444 e. The number of furan rings is 1. The van der Waals surface area contributed by atoms with E-state index in [-0.39, 0.29) is 0 Å². The second-order valence-electron chi connectivity index (χ2n) is 5.71. The summed E-state index contributed by atoms with van der Waals surface area (Å²) in [5.41, 5.74) is -0.566. The Labute approximate surface area is 131 Å². The summed E-state index contributed by atoms with van der Waals surface area (Å²) < 4.78 is 11.6. The lowest BCUT2D eigenvalue weighted by Gasteiger charge is -2.27. The monoisotopic (exact) mass is 355 g/mol. The van der Waals surface area contributed by atoms with Crippen molar-refractivity contribution in [3.8, 4) is 11.7 Å². The molecule has 1 aliphatic carbocycles. The third-order valence-electron chi connectivity index (χ3n) is 3.75. The van der Waals surface area contributed by atoms with Gasteiger partial charge < -0.3 is 13.9 Å². The maximum Gasteiger partial charge on any atom is 0.283 e. The second-order valence-corrected chi connectivity index (χ2v) is 6.49. The zero-order chi connectivity index (χ0) is 14.9. The van der Waals surface area contributed by atoms with Crippen LogP contribution in [0.25, 0.3) is 11.7 Å². The molecule has 2 aromatic heterocycles. The van der Waals surface area contributed by atoms with Gasteiger partial charge in [0, 0.05) is 6.54 Å².